The summed E-state index contributed by atoms with van der Waals surface area (Å²) in [5.74, 6) is 0.349. The van der Waals surface area contributed by atoms with Crippen molar-refractivity contribution in [2.24, 2.45) is 0 Å². The standard InChI is InChI=1S/C10H10N2O2/c1-11-9(13)6-10-12-7-4-2-3-5-8(7)14-10/h2-5H,6H2,1H3,(H,11,13). The summed E-state index contributed by atoms with van der Waals surface area (Å²) < 4.78 is 5.37. The van der Waals surface area contributed by atoms with Gasteiger partial charge in [-0.2, -0.15) is 0 Å². The van der Waals surface area contributed by atoms with Crippen molar-refractivity contribution < 1.29 is 9.21 Å². The second-order valence-electron chi connectivity index (χ2n) is 2.93. The van der Waals surface area contributed by atoms with Gasteiger partial charge in [0.2, 0.25) is 11.8 Å². The van der Waals surface area contributed by atoms with Crippen LogP contribution in [0.3, 0.4) is 0 Å². The maximum Gasteiger partial charge on any atom is 0.229 e. The third kappa shape index (κ3) is 1.59. The molecule has 0 saturated heterocycles. The molecule has 1 N–H and O–H groups in total. The molecule has 4 heteroatoms. The molecule has 2 rings (SSSR count). The topological polar surface area (TPSA) is 55.1 Å². The summed E-state index contributed by atoms with van der Waals surface area (Å²) in [5, 5.41) is 2.52. The maximum atomic E-state index is 11.0. The number of rotatable bonds is 2. The Balaban J connectivity index is 2.31. The highest BCUT2D eigenvalue weighted by Crippen LogP contribution is 2.14. The van der Waals surface area contributed by atoms with Crippen molar-refractivity contribution in [2.75, 3.05) is 7.05 Å². The van der Waals surface area contributed by atoms with Crippen LogP contribution in [0.15, 0.2) is 28.7 Å². The van der Waals surface area contributed by atoms with Gasteiger partial charge < -0.3 is 9.73 Å². The van der Waals surface area contributed by atoms with Crippen molar-refractivity contribution >= 4 is 17.0 Å². The van der Waals surface area contributed by atoms with Crippen LogP contribution in [0.25, 0.3) is 11.1 Å². The number of nitrogens with one attached hydrogen (secondary N) is 1. The van der Waals surface area contributed by atoms with E-state index in [1.165, 1.54) is 0 Å². The molecule has 0 spiro atoms. The van der Waals surface area contributed by atoms with E-state index in [-0.39, 0.29) is 12.3 Å². The SMILES string of the molecule is CNC(=O)Cc1nc2ccccc2o1. The Morgan fingerprint density at radius 2 is 2.29 bits per heavy atom. The Bertz CT molecular complexity index is 429. The number of hydrogen-bond acceptors (Lipinski definition) is 3. The normalized spacial score (nSPS) is 10.4. The Kier molecular flexibility index (Phi) is 2.18. The van der Waals surface area contributed by atoms with Crippen LogP contribution >= 0.6 is 0 Å². The minimum Gasteiger partial charge on any atom is -0.440 e. The number of para-hydroxylation sites is 2. The number of carbonyl (C=O) groups excluding carboxylic acids is 1. The fourth-order valence-electron chi connectivity index (χ4n) is 1.22. The van der Waals surface area contributed by atoms with E-state index in [0.717, 1.165) is 5.52 Å². The van der Waals surface area contributed by atoms with E-state index in [4.69, 9.17) is 4.42 Å². The van der Waals surface area contributed by atoms with E-state index in [1.807, 2.05) is 24.3 Å². The second-order valence-corrected chi connectivity index (χ2v) is 2.93. The molecule has 72 valence electrons. The van der Waals surface area contributed by atoms with Crippen LogP contribution in [-0.4, -0.2) is 17.9 Å². The lowest BCUT2D eigenvalue weighted by Crippen LogP contribution is -2.19. The number of nitrogens with zero attached hydrogens (tertiary/aromatic N) is 1. The number of likely N-dealkylation sites (N-methyl/N-ethyl adjacent to an activating group) is 1. The number of carbonyl (C=O) groups is 1. The Hall–Kier alpha value is -1.84. The lowest BCUT2D eigenvalue weighted by molar-refractivity contribution is -0.120. The van der Waals surface area contributed by atoms with Gasteiger partial charge in [-0.15, -0.1) is 0 Å². The molecule has 0 aliphatic carbocycles. The van der Waals surface area contributed by atoms with Crippen molar-refractivity contribution in [1.29, 1.82) is 0 Å². The molecular formula is C10H10N2O2. The van der Waals surface area contributed by atoms with Gasteiger partial charge in [-0.25, -0.2) is 4.98 Å². The summed E-state index contributed by atoms with van der Waals surface area (Å²) >= 11 is 0. The average Bonchev–Trinajstić information content (AvgIpc) is 2.59. The highest BCUT2D eigenvalue weighted by molar-refractivity contribution is 5.78. The molecule has 0 saturated carbocycles. The van der Waals surface area contributed by atoms with Crippen LogP contribution in [0, 0.1) is 0 Å². The summed E-state index contributed by atoms with van der Waals surface area (Å²) in [7, 11) is 1.59. The summed E-state index contributed by atoms with van der Waals surface area (Å²) in [6.07, 6.45) is 0.186. The van der Waals surface area contributed by atoms with E-state index >= 15 is 0 Å². The van der Waals surface area contributed by atoms with Gasteiger partial charge in [0.15, 0.2) is 5.58 Å². The van der Waals surface area contributed by atoms with Crippen molar-refractivity contribution in [3.63, 3.8) is 0 Å². The van der Waals surface area contributed by atoms with Gasteiger partial charge in [-0.3, -0.25) is 4.79 Å². The van der Waals surface area contributed by atoms with Gasteiger partial charge in [-0.05, 0) is 12.1 Å². The van der Waals surface area contributed by atoms with Crippen molar-refractivity contribution in [1.82, 2.24) is 10.3 Å². The van der Waals surface area contributed by atoms with Crippen LogP contribution in [0.2, 0.25) is 0 Å². The van der Waals surface area contributed by atoms with E-state index in [9.17, 15) is 4.79 Å². The second kappa shape index (κ2) is 3.49. The fraction of sp³-hybridized carbons (Fsp3) is 0.200. The molecule has 0 aliphatic heterocycles. The Morgan fingerprint density at radius 3 is 3.00 bits per heavy atom. The third-order valence-corrected chi connectivity index (χ3v) is 1.93. The molecule has 14 heavy (non-hydrogen) atoms. The van der Waals surface area contributed by atoms with Gasteiger partial charge in [0.1, 0.15) is 11.9 Å². The molecule has 2 aromatic rings. The number of fused-ring (bicyclic) bond motifs is 1. The quantitative estimate of drug-likeness (QED) is 0.771. The molecule has 1 aromatic heterocycles. The molecule has 0 bridgehead atoms. The lowest BCUT2D eigenvalue weighted by atomic mass is 10.3. The molecule has 1 heterocycles. The average molecular weight is 190 g/mol. The zero-order chi connectivity index (χ0) is 9.97. The van der Waals surface area contributed by atoms with Gasteiger partial charge >= 0.3 is 0 Å². The first-order chi connectivity index (χ1) is 6.79. The summed E-state index contributed by atoms with van der Waals surface area (Å²) in [6.45, 7) is 0. The highest BCUT2D eigenvalue weighted by atomic mass is 16.3. The van der Waals surface area contributed by atoms with Crippen LogP contribution in [0.5, 0.6) is 0 Å². The zero-order valence-electron chi connectivity index (χ0n) is 7.78. The summed E-state index contributed by atoms with van der Waals surface area (Å²) in [5.41, 5.74) is 1.50. The van der Waals surface area contributed by atoms with Crippen LogP contribution in [0.4, 0.5) is 0 Å². The smallest absolute Gasteiger partial charge is 0.229 e. The van der Waals surface area contributed by atoms with Crippen LogP contribution in [-0.2, 0) is 11.2 Å². The van der Waals surface area contributed by atoms with Gasteiger partial charge in [0.25, 0.3) is 0 Å². The summed E-state index contributed by atoms with van der Waals surface area (Å²) in [4.78, 5) is 15.2. The fourth-order valence-corrected chi connectivity index (χ4v) is 1.22. The molecule has 0 radical (unpaired) electrons. The number of aromatic nitrogens is 1. The van der Waals surface area contributed by atoms with Crippen LogP contribution in [0.1, 0.15) is 5.89 Å². The first-order valence-electron chi connectivity index (χ1n) is 4.34. The molecule has 0 aliphatic rings. The minimum atomic E-state index is -0.100. The largest absolute Gasteiger partial charge is 0.440 e. The number of oxazole rings is 1. The molecule has 4 nitrogen and oxygen atoms in total. The van der Waals surface area contributed by atoms with E-state index < -0.39 is 0 Å². The first kappa shape index (κ1) is 8.74. The minimum absolute atomic E-state index is 0.100. The van der Waals surface area contributed by atoms with Gasteiger partial charge in [-0.1, -0.05) is 12.1 Å². The number of amides is 1. The molecule has 1 aromatic carbocycles. The third-order valence-electron chi connectivity index (χ3n) is 1.93. The first-order valence-corrected chi connectivity index (χ1v) is 4.34. The molecule has 0 atom stereocenters. The summed E-state index contributed by atoms with van der Waals surface area (Å²) in [6, 6.07) is 7.44. The van der Waals surface area contributed by atoms with Gasteiger partial charge in [0, 0.05) is 7.05 Å². The molecule has 0 unspecified atom stereocenters. The van der Waals surface area contributed by atoms with E-state index in [1.54, 1.807) is 7.05 Å². The van der Waals surface area contributed by atoms with Crippen molar-refractivity contribution in [3.05, 3.63) is 30.2 Å². The van der Waals surface area contributed by atoms with E-state index in [0.29, 0.717) is 11.5 Å². The highest BCUT2D eigenvalue weighted by Gasteiger charge is 2.08. The molecule has 1 amide bonds. The van der Waals surface area contributed by atoms with Gasteiger partial charge in [0.05, 0.1) is 0 Å². The monoisotopic (exact) mass is 190 g/mol. The zero-order valence-corrected chi connectivity index (χ0v) is 7.78. The molecule has 0 fully saturated rings. The Morgan fingerprint density at radius 1 is 1.50 bits per heavy atom. The van der Waals surface area contributed by atoms with Crippen molar-refractivity contribution in [2.45, 2.75) is 6.42 Å². The molecular weight excluding hydrogens is 180 g/mol. The number of benzene rings is 1. The lowest BCUT2D eigenvalue weighted by Gasteiger charge is -1.92. The maximum absolute atomic E-state index is 11.0. The Labute approximate surface area is 80.9 Å². The van der Waals surface area contributed by atoms with Crippen molar-refractivity contribution in [3.8, 4) is 0 Å². The van der Waals surface area contributed by atoms with Crippen LogP contribution < -0.4 is 5.32 Å². The number of hydrogen-bond donors (Lipinski definition) is 1. The van der Waals surface area contributed by atoms with E-state index in [2.05, 4.69) is 10.3 Å². The predicted octanol–water partition coefficient (Wildman–Crippen LogP) is 1.12. The predicted molar refractivity (Wildman–Crippen MR) is 51.8 cm³/mol.